The van der Waals surface area contributed by atoms with Gasteiger partial charge in [-0.1, -0.05) is 24.3 Å². The lowest BCUT2D eigenvalue weighted by atomic mass is 9.64. The topological polar surface area (TPSA) is 89.3 Å². The van der Waals surface area contributed by atoms with E-state index in [0.29, 0.717) is 18.6 Å². The van der Waals surface area contributed by atoms with Crippen LogP contribution in [0.4, 0.5) is 0 Å². The highest BCUT2D eigenvalue weighted by Gasteiger charge is 2.56. The van der Waals surface area contributed by atoms with Crippen molar-refractivity contribution in [2.75, 3.05) is 21.2 Å². The standard InChI is InChI=1S/C30H32N2O6S/c1-31(26(33)14-9-19-15-16-37-18-19)23-12-11-22-24(32(2)39(34,35)21-7-5-4-6-8-21)17-20-10-13-25(36-3)30-27(20)28(22)29(23)38-30/h4-10,13-16,18,22-24,28-29H,11-12,17H2,1-3H3/b14-9+/t22-,23+,24+,28?,29-/m0/s1. The Morgan fingerprint density at radius 1 is 1.05 bits per heavy atom. The predicted octanol–water partition coefficient (Wildman–Crippen LogP) is 4.33. The Bertz CT molecular complexity index is 1500. The van der Waals surface area contributed by atoms with Crippen LogP contribution in [-0.4, -0.2) is 62.9 Å². The molecule has 2 aromatic carbocycles. The summed E-state index contributed by atoms with van der Waals surface area (Å²) >= 11 is 0. The van der Waals surface area contributed by atoms with Gasteiger partial charge in [-0.25, -0.2) is 8.42 Å². The summed E-state index contributed by atoms with van der Waals surface area (Å²) in [5.41, 5.74) is 2.99. The molecule has 2 heterocycles. The molecular formula is C30H32N2O6S. The molecule has 1 unspecified atom stereocenters. The van der Waals surface area contributed by atoms with E-state index in [9.17, 15) is 13.2 Å². The average molecular weight is 549 g/mol. The van der Waals surface area contributed by atoms with Gasteiger partial charge in [0.25, 0.3) is 0 Å². The summed E-state index contributed by atoms with van der Waals surface area (Å²) in [6.07, 6.45) is 8.20. The van der Waals surface area contributed by atoms with Crippen molar-refractivity contribution >= 4 is 22.0 Å². The van der Waals surface area contributed by atoms with Crippen molar-refractivity contribution in [3.63, 3.8) is 0 Å². The van der Waals surface area contributed by atoms with Crippen molar-refractivity contribution < 1.29 is 27.1 Å². The van der Waals surface area contributed by atoms with E-state index in [1.54, 1.807) is 78.4 Å². The third-order valence-electron chi connectivity index (χ3n) is 8.66. The molecule has 9 heteroatoms. The van der Waals surface area contributed by atoms with Crippen LogP contribution >= 0.6 is 0 Å². The molecule has 3 aromatic rings. The fourth-order valence-electron chi connectivity index (χ4n) is 6.68. The van der Waals surface area contributed by atoms with E-state index in [1.165, 1.54) is 0 Å². The molecule has 1 aromatic heterocycles. The van der Waals surface area contributed by atoms with Gasteiger partial charge in [-0.2, -0.15) is 4.31 Å². The van der Waals surface area contributed by atoms with E-state index in [0.717, 1.165) is 28.9 Å². The zero-order chi connectivity index (χ0) is 27.3. The van der Waals surface area contributed by atoms with E-state index in [4.69, 9.17) is 13.9 Å². The Morgan fingerprint density at radius 3 is 2.56 bits per heavy atom. The number of carbonyl (C=O) groups excluding carboxylic acids is 1. The molecule has 39 heavy (non-hydrogen) atoms. The summed E-state index contributed by atoms with van der Waals surface area (Å²) in [5, 5.41) is 0. The first-order chi connectivity index (χ1) is 18.8. The highest BCUT2D eigenvalue weighted by Crippen LogP contribution is 2.58. The highest BCUT2D eigenvalue weighted by atomic mass is 32.2. The maximum atomic E-state index is 13.7. The van der Waals surface area contributed by atoms with Crippen LogP contribution in [0, 0.1) is 5.92 Å². The quantitative estimate of drug-likeness (QED) is 0.409. The van der Waals surface area contributed by atoms with Gasteiger partial charge in [-0.15, -0.1) is 0 Å². The number of hydrogen-bond acceptors (Lipinski definition) is 6. The Balaban J connectivity index is 1.34. The minimum absolute atomic E-state index is 0.0422. The van der Waals surface area contributed by atoms with Gasteiger partial charge in [-0.05, 0) is 61.1 Å². The van der Waals surface area contributed by atoms with E-state index in [-0.39, 0.29) is 40.8 Å². The predicted molar refractivity (Wildman–Crippen MR) is 146 cm³/mol. The molecule has 1 amide bonds. The third-order valence-corrected chi connectivity index (χ3v) is 10.6. The lowest BCUT2D eigenvalue weighted by Crippen LogP contribution is -2.57. The Labute approximate surface area is 228 Å². The molecule has 0 N–H and O–H groups in total. The normalized spacial score (nSPS) is 25.4. The first kappa shape index (κ1) is 25.7. The number of benzene rings is 2. The Morgan fingerprint density at radius 2 is 1.85 bits per heavy atom. The van der Waals surface area contributed by atoms with Crippen molar-refractivity contribution in [3.05, 3.63) is 83.8 Å². The zero-order valence-electron chi connectivity index (χ0n) is 22.2. The molecule has 6 rings (SSSR count). The van der Waals surface area contributed by atoms with Crippen molar-refractivity contribution in [1.82, 2.24) is 9.21 Å². The largest absolute Gasteiger partial charge is 0.493 e. The van der Waals surface area contributed by atoms with Gasteiger partial charge < -0.3 is 18.8 Å². The van der Waals surface area contributed by atoms with Gasteiger partial charge in [-0.3, -0.25) is 4.79 Å². The molecule has 5 atom stereocenters. The molecule has 8 nitrogen and oxygen atoms in total. The van der Waals surface area contributed by atoms with Crippen molar-refractivity contribution in [2.45, 2.75) is 48.3 Å². The van der Waals surface area contributed by atoms with Crippen LogP contribution in [-0.2, 0) is 21.2 Å². The summed E-state index contributed by atoms with van der Waals surface area (Å²) in [4.78, 5) is 15.2. The van der Waals surface area contributed by atoms with E-state index in [1.807, 2.05) is 25.2 Å². The van der Waals surface area contributed by atoms with Gasteiger partial charge in [0.15, 0.2) is 11.5 Å². The fraction of sp³-hybridized carbons (Fsp3) is 0.367. The number of sulfonamides is 1. The van der Waals surface area contributed by atoms with E-state index >= 15 is 0 Å². The number of rotatable bonds is 7. The van der Waals surface area contributed by atoms with Gasteiger partial charge in [0.1, 0.15) is 6.10 Å². The van der Waals surface area contributed by atoms with Crippen molar-refractivity contribution in [1.29, 1.82) is 0 Å². The minimum atomic E-state index is -3.69. The number of likely N-dealkylation sites (N-methyl/N-ethyl adjacent to an activating group) is 2. The van der Waals surface area contributed by atoms with Gasteiger partial charge in [0, 0.05) is 43.3 Å². The number of furan rings is 1. The van der Waals surface area contributed by atoms with Crippen LogP contribution in [0.15, 0.2) is 76.4 Å². The Hall–Kier alpha value is -3.56. The molecule has 0 spiro atoms. The number of methoxy groups -OCH3 is 1. The second-order valence-electron chi connectivity index (χ2n) is 10.5. The summed E-state index contributed by atoms with van der Waals surface area (Å²) in [6, 6.07) is 13.9. The molecule has 1 aliphatic heterocycles. The lowest BCUT2D eigenvalue weighted by molar-refractivity contribution is -0.130. The highest BCUT2D eigenvalue weighted by molar-refractivity contribution is 7.89. The first-order valence-corrected chi connectivity index (χ1v) is 14.6. The smallest absolute Gasteiger partial charge is 0.246 e. The maximum absolute atomic E-state index is 13.7. The SMILES string of the molecule is COc1ccc2c3c1O[C@@H]1C3[C@@H](CC[C@H]1N(C)C(=O)/C=C/c1ccoc1)[C@H](N(C)S(=O)(=O)c1ccccc1)C2. The molecule has 0 radical (unpaired) electrons. The molecule has 0 bridgehead atoms. The zero-order valence-corrected chi connectivity index (χ0v) is 23.0. The van der Waals surface area contributed by atoms with Gasteiger partial charge in [0.05, 0.1) is 30.6 Å². The molecule has 1 saturated carbocycles. The lowest BCUT2D eigenvalue weighted by Gasteiger charge is -2.48. The van der Waals surface area contributed by atoms with Crippen LogP contribution in [0.5, 0.6) is 11.5 Å². The monoisotopic (exact) mass is 548 g/mol. The van der Waals surface area contributed by atoms with Gasteiger partial charge >= 0.3 is 0 Å². The number of carbonyl (C=O) groups is 1. The van der Waals surface area contributed by atoms with Crippen LogP contribution in [0.2, 0.25) is 0 Å². The van der Waals surface area contributed by atoms with Crippen LogP contribution in [0.3, 0.4) is 0 Å². The van der Waals surface area contributed by atoms with E-state index in [2.05, 4.69) is 0 Å². The number of nitrogens with zero attached hydrogens (tertiary/aromatic N) is 2. The summed E-state index contributed by atoms with van der Waals surface area (Å²) in [5.74, 6) is 1.26. The molecular weight excluding hydrogens is 516 g/mol. The molecule has 3 aliphatic rings. The van der Waals surface area contributed by atoms with Gasteiger partial charge in [0.2, 0.25) is 15.9 Å². The summed E-state index contributed by atoms with van der Waals surface area (Å²) in [7, 11) is 1.43. The summed E-state index contributed by atoms with van der Waals surface area (Å²) < 4.78 is 46.2. The summed E-state index contributed by atoms with van der Waals surface area (Å²) in [6.45, 7) is 0. The number of hydrogen-bond donors (Lipinski definition) is 0. The second kappa shape index (κ2) is 9.88. The molecule has 2 aliphatic carbocycles. The van der Waals surface area contributed by atoms with Crippen LogP contribution in [0.1, 0.15) is 35.4 Å². The first-order valence-electron chi connectivity index (χ1n) is 13.2. The van der Waals surface area contributed by atoms with Crippen molar-refractivity contribution in [2.24, 2.45) is 5.92 Å². The second-order valence-corrected chi connectivity index (χ2v) is 12.5. The van der Waals surface area contributed by atoms with Crippen LogP contribution < -0.4 is 9.47 Å². The van der Waals surface area contributed by atoms with Crippen LogP contribution in [0.25, 0.3) is 6.08 Å². The molecule has 204 valence electrons. The minimum Gasteiger partial charge on any atom is -0.493 e. The Kier molecular flexibility index (Phi) is 6.51. The van der Waals surface area contributed by atoms with E-state index < -0.39 is 10.0 Å². The van der Waals surface area contributed by atoms with Crippen molar-refractivity contribution in [3.8, 4) is 11.5 Å². The maximum Gasteiger partial charge on any atom is 0.246 e. The number of amides is 1. The molecule has 0 saturated heterocycles. The fourth-order valence-corrected chi connectivity index (χ4v) is 8.10. The third kappa shape index (κ3) is 4.24. The molecule has 1 fully saturated rings. The number of ether oxygens (including phenoxy) is 2. The average Bonchev–Trinajstić information content (AvgIpc) is 3.63.